The zero-order valence-corrected chi connectivity index (χ0v) is 27.0. The van der Waals surface area contributed by atoms with Crippen LogP contribution in [0.3, 0.4) is 0 Å². The van der Waals surface area contributed by atoms with Crippen LogP contribution >= 0.6 is 0 Å². The molecule has 0 N–H and O–H groups in total. The second-order valence-electron chi connectivity index (χ2n) is 13.5. The van der Waals surface area contributed by atoms with Crippen molar-refractivity contribution in [2.24, 2.45) is 0 Å². The molecule has 6 aromatic carbocycles. The van der Waals surface area contributed by atoms with E-state index in [4.69, 9.17) is 21.5 Å². The second kappa shape index (κ2) is 10.0. The van der Waals surface area contributed by atoms with Crippen molar-refractivity contribution in [3.05, 3.63) is 156 Å². The van der Waals surface area contributed by atoms with E-state index in [-0.39, 0.29) is 5.41 Å². The minimum absolute atomic E-state index is 0.211. The van der Waals surface area contributed by atoms with Crippen LogP contribution in [-0.4, -0.2) is 15.0 Å². The van der Waals surface area contributed by atoms with Gasteiger partial charge in [0, 0.05) is 50.3 Å². The number of pyridine rings is 3. The number of benzene rings is 6. The van der Waals surface area contributed by atoms with E-state index >= 15 is 0 Å². The zero-order valence-electron chi connectivity index (χ0n) is 27.0. The van der Waals surface area contributed by atoms with E-state index in [1.165, 1.54) is 38.8 Å². The van der Waals surface area contributed by atoms with Gasteiger partial charge >= 0.3 is 0 Å². The fourth-order valence-corrected chi connectivity index (χ4v) is 8.26. The first-order chi connectivity index (χ1) is 24.0. The highest BCUT2D eigenvalue weighted by Crippen LogP contribution is 2.51. The molecular weight excluding hydrogens is 597 g/mol. The first-order valence-corrected chi connectivity index (χ1v) is 16.6. The fraction of sp³-hybridized carbons (Fsp3) is 0.0667. The highest BCUT2D eigenvalue weighted by Gasteiger charge is 2.35. The number of fused-ring (bicyclic) bond motifs is 12. The van der Waals surface area contributed by atoms with Crippen molar-refractivity contribution in [1.29, 1.82) is 0 Å². The molecule has 1 aliphatic carbocycles. The Morgan fingerprint density at radius 3 is 1.84 bits per heavy atom. The second-order valence-corrected chi connectivity index (χ2v) is 13.5. The van der Waals surface area contributed by atoms with Crippen molar-refractivity contribution >= 4 is 59.9 Å². The summed E-state index contributed by atoms with van der Waals surface area (Å²) in [6.07, 6.45) is 3.70. The average Bonchev–Trinajstić information content (AvgIpc) is 3.38. The molecule has 0 saturated carbocycles. The topological polar surface area (TPSA) is 43.0 Å². The van der Waals surface area contributed by atoms with E-state index in [0.29, 0.717) is 5.69 Å². The van der Waals surface area contributed by atoms with Crippen LogP contribution in [-0.2, 0) is 5.41 Å². The third-order valence-corrected chi connectivity index (χ3v) is 10.5. The molecule has 1 aliphatic rings. The molecule has 0 spiro atoms. The lowest BCUT2D eigenvalue weighted by Gasteiger charge is -2.22. The summed E-state index contributed by atoms with van der Waals surface area (Å²) < 4.78 is 0. The molecule has 0 radical (unpaired) electrons. The molecule has 3 heterocycles. The third kappa shape index (κ3) is 3.82. The Hall–Kier alpha value is -6.44. The smallest absolute Gasteiger partial charge is 0.187 e. The van der Waals surface area contributed by atoms with Crippen LogP contribution in [0.5, 0.6) is 0 Å². The Balaban J connectivity index is 1.25. The van der Waals surface area contributed by atoms with Crippen molar-refractivity contribution in [3.63, 3.8) is 0 Å². The van der Waals surface area contributed by atoms with E-state index < -0.39 is 0 Å². The van der Waals surface area contributed by atoms with Gasteiger partial charge in [-0.15, -0.1) is 0 Å². The van der Waals surface area contributed by atoms with Gasteiger partial charge in [-0.25, -0.2) is 9.83 Å². The quantitative estimate of drug-likeness (QED) is 0.142. The maximum atomic E-state index is 7.57. The standard InChI is InChI=1S/C45H28N4/c1-45(2)37-24-26(16-18-31(37)32-19-17-27(46-3)25-38(32)45)28-20-21-33(30-11-5-4-10-29(28)30)42-41-36-14-9-23-48-44(36)43-35(13-8-22-47-43)40(41)34-12-6-7-15-39(34)49-42/h4-25H,1-2H3. The van der Waals surface area contributed by atoms with Gasteiger partial charge < -0.3 is 0 Å². The molecule has 0 amide bonds. The summed E-state index contributed by atoms with van der Waals surface area (Å²) in [5.41, 5.74) is 12.6. The lowest BCUT2D eigenvalue weighted by atomic mass is 9.81. The molecule has 49 heavy (non-hydrogen) atoms. The molecule has 0 aliphatic heterocycles. The molecule has 0 bridgehead atoms. The molecular formula is C45H28N4. The Kier molecular flexibility index (Phi) is 5.66. The largest absolute Gasteiger partial charge is 0.254 e. The van der Waals surface area contributed by atoms with E-state index in [9.17, 15) is 0 Å². The van der Waals surface area contributed by atoms with Gasteiger partial charge in [-0.2, -0.15) is 0 Å². The molecule has 0 fully saturated rings. The van der Waals surface area contributed by atoms with E-state index in [0.717, 1.165) is 60.1 Å². The number of aromatic nitrogens is 3. The maximum absolute atomic E-state index is 7.57. The first kappa shape index (κ1) is 27.7. The van der Waals surface area contributed by atoms with Gasteiger partial charge in [0.15, 0.2) is 5.69 Å². The van der Waals surface area contributed by atoms with Crippen molar-refractivity contribution in [3.8, 4) is 33.5 Å². The van der Waals surface area contributed by atoms with E-state index in [2.05, 4.69) is 122 Å². The molecule has 4 nitrogen and oxygen atoms in total. The normalized spacial score (nSPS) is 13.2. The lowest BCUT2D eigenvalue weighted by molar-refractivity contribution is 0.661. The first-order valence-electron chi connectivity index (χ1n) is 16.6. The highest BCUT2D eigenvalue weighted by molar-refractivity contribution is 6.32. The van der Waals surface area contributed by atoms with Crippen LogP contribution in [0, 0.1) is 6.57 Å². The van der Waals surface area contributed by atoms with Crippen molar-refractivity contribution in [2.75, 3.05) is 0 Å². The van der Waals surface area contributed by atoms with Gasteiger partial charge in [-0.1, -0.05) is 111 Å². The maximum Gasteiger partial charge on any atom is 0.187 e. The molecule has 4 heteroatoms. The van der Waals surface area contributed by atoms with Crippen molar-refractivity contribution in [2.45, 2.75) is 19.3 Å². The van der Waals surface area contributed by atoms with Crippen LogP contribution in [0.1, 0.15) is 25.0 Å². The molecule has 10 rings (SSSR count). The summed E-state index contributed by atoms with van der Waals surface area (Å²) in [4.78, 5) is 18.8. The van der Waals surface area contributed by atoms with Gasteiger partial charge in [0.25, 0.3) is 0 Å². The van der Waals surface area contributed by atoms with Crippen LogP contribution in [0.15, 0.2) is 134 Å². The Morgan fingerprint density at radius 2 is 1.10 bits per heavy atom. The lowest BCUT2D eigenvalue weighted by Crippen LogP contribution is -2.14. The van der Waals surface area contributed by atoms with Gasteiger partial charge in [0.1, 0.15) is 0 Å². The number of para-hydroxylation sites is 1. The van der Waals surface area contributed by atoms with Gasteiger partial charge in [-0.3, -0.25) is 9.97 Å². The zero-order chi connectivity index (χ0) is 32.9. The number of hydrogen-bond acceptors (Lipinski definition) is 3. The molecule has 228 valence electrons. The number of nitrogens with zero attached hydrogens (tertiary/aromatic N) is 4. The Labute approximate surface area is 283 Å². The molecule has 0 unspecified atom stereocenters. The van der Waals surface area contributed by atoms with Crippen LogP contribution < -0.4 is 0 Å². The summed E-state index contributed by atoms with van der Waals surface area (Å²) in [5, 5.41) is 7.81. The molecule has 0 saturated heterocycles. The fourth-order valence-electron chi connectivity index (χ4n) is 8.26. The van der Waals surface area contributed by atoms with Crippen LogP contribution in [0.4, 0.5) is 5.69 Å². The van der Waals surface area contributed by atoms with Crippen LogP contribution in [0.2, 0.25) is 0 Å². The summed E-state index contributed by atoms with van der Waals surface area (Å²) in [5.74, 6) is 0. The minimum atomic E-state index is -0.211. The average molecular weight is 625 g/mol. The Morgan fingerprint density at radius 1 is 0.531 bits per heavy atom. The molecule has 9 aromatic rings. The molecule has 0 atom stereocenters. The van der Waals surface area contributed by atoms with Crippen molar-refractivity contribution in [1.82, 2.24) is 15.0 Å². The van der Waals surface area contributed by atoms with E-state index in [1.54, 1.807) is 0 Å². The van der Waals surface area contributed by atoms with Crippen LogP contribution in [0.25, 0.3) is 92.6 Å². The summed E-state index contributed by atoms with van der Waals surface area (Å²) in [6.45, 7) is 12.1. The molecule has 3 aromatic heterocycles. The minimum Gasteiger partial charge on any atom is -0.254 e. The summed E-state index contributed by atoms with van der Waals surface area (Å²) in [6, 6.07) is 42.9. The third-order valence-electron chi connectivity index (χ3n) is 10.5. The Bertz CT molecular complexity index is 2930. The van der Waals surface area contributed by atoms with Gasteiger partial charge in [0.2, 0.25) is 0 Å². The number of hydrogen-bond donors (Lipinski definition) is 0. The monoisotopic (exact) mass is 624 g/mol. The van der Waals surface area contributed by atoms with E-state index in [1.807, 2.05) is 30.6 Å². The summed E-state index contributed by atoms with van der Waals surface area (Å²) in [7, 11) is 0. The van der Waals surface area contributed by atoms with Gasteiger partial charge in [0.05, 0.1) is 28.8 Å². The predicted molar refractivity (Wildman–Crippen MR) is 202 cm³/mol. The number of rotatable bonds is 2. The summed E-state index contributed by atoms with van der Waals surface area (Å²) >= 11 is 0. The highest BCUT2D eigenvalue weighted by atomic mass is 14.7. The van der Waals surface area contributed by atoms with Gasteiger partial charge in [-0.05, 0) is 68.4 Å². The predicted octanol–water partition coefficient (Wildman–Crippen LogP) is 11.8. The van der Waals surface area contributed by atoms with Crippen molar-refractivity contribution < 1.29 is 0 Å². The SMILES string of the molecule is [C-]#[N+]c1ccc2c(c1)C(C)(C)c1cc(-c3ccc(-c4nc5ccccc5c5c6cccnc6c6ncccc6c45)c4ccccc34)ccc1-2.